The van der Waals surface area contributed by atoms with Gasteiger partial charge in [-0.15, -0.1) is 12.4 Å². The van der Waals surface area contributed by atoms with Crippen molar-refractivity contribution in [3.63, 3.8) is 0 Å². The normalized spacial score (nSPS) is 14.7. The second-order valence-electron chi connectivity index (χ2n) is 7.06. The van der Waals surface area contributed by atoms with Crippen molar-refractivity contribution in [1.82, 2.24) is 9.71 Å². The fourth-order valence-electron chi connectivity index (χ4n) is 3.26. The van der Waals surface area contributed by atoms with Gasteiger partial charge in [-0.3, -0.25) is 4.98 Å². The molecule has 0 saturated carbocycles. The van der Waals surface area contributed by atoms with E-state index >= 15 is 0 Å². The first kappa shape index (κ1) is 23.3. The van der Waals surface area contributed by atoms with Crippen LogP contribution in [0, 0.1) is 0 Å². The van der Waals surface area contributed by atoms with E-state index in [-0.39, 0.29) is 29.4 Å². The van der Waals surface area contributed by atoms with Crippen LogP contribution in [0.15, 0.2) is 71.9 Å². The van der Waals surface area contributed by atoms with Gasteiger partial charge in [-0.2, -0.15) is 0 Å². The summed E-state index contributed by atoms with van der Waals surface area (Å²) in [5.41, 5.74) is 6.95. The van der Waals surface area contributed by atoms with Crippen molar-refractivity contribution in [2.45, 2.75) is 42.8 Å². The summed E-state index contributed by atoms with van der Waals surface area (Å²) in [6.07, 6.45) is 3.43. The van der Waals surface area contributed by atoms with Crippen molar-refractivity contribution in [3.05, 3.63) is 72.6 Å². The molecular formula is C21H26ClN3O3S. The van der Waals surface area contributed by atoms with Gasteiger partial charge in [0.2, 0.25) is 10.0 Å². The third-order valence-electron chi connectivity index (χ3n) is 4.65. The number of sulfonamides is 1. The van der Waals surface area contributed by atoms with Crippen LogP contribution in [0.3, 0.4) is 0 Å². The number of hydrogen-bond acceptors (Lipinski definition) is 5. The van der Waals surface area contributed by atoms with Crippen LogP contribution in [0.2, 0.25) is 0 Å². The molecule has 0 amide bonds. The predicted molar refractivity (Wildman–Crippen MR) is 117 cm³/mol. The molecule has 0 saturated heterocycles. The number of nitrogens with zero attached hydrogens (tertiary/aromatic N) is 1. The maximum Gasteiger partial charge on any atom is 0.240 e. The number of hydrogen-bond donors (Lipinski definition) is 3. The van der Waals surface area contributed by atoms with Gasteiger partial charge >= 0.3 is 0 Å². The summed E-state index contributed by atoms with van der Waals surface area (Å²) in [6, 6.07) is 15.3. The molecule has 0 aliphatic heterocycles. The van der Waals surface area contributed by atoms with Crippen LogP contribution in [0.25, 0.3) is 10.8 Å². The Hall–Kier alpha value is -2.03. The second-order valence-corrected chi connectivity index (χ2v) is 8.78. The first-order valence-corrected chi connectivity index (χ1v) is 10.7. The quantitative estimate of drug-likeness (QED) is 0.504. The number of nitrogens with one attached hydrogen (secondary N) is 1. The van der Waals surface area contributed by atoms with Gasteiger partial charge < -0.3 is 10.8 Å². The Labute approximate surface area is 177 Å². The van der Waals surface area contributed by atoms with Crippen LogP contribution in [0.4, 0.5) is 0 Å². The molecule has 0 aliphatic carbocycles. The summed E-state index contributed by atoms with van der Waals surface area (Å²) < 4.78 is 28.1. The van der Waals surface area contributed by atoms with Crippen molar-refractivity contribution >= 4 is 33.2 Å². The summed E-state index contributed by atoms with van der Waals surface area (Å²) in [5.74, 6) is 0. The minimum absolute atomic E-state index is 0. The summed E-state index contributed by atoms with van der Waals surface area (Å²) >= 11 is 0. The molecule has 1 aromatic heterocycles. The topological polar surface area (TPSA) is 105 Å². The van der Waals surface area contributed by atoms with Crippen LogP contribution in [-0.2, 0) is 10.0 Å². The van der Waals surface area contributed by atoms with Gasteiger partial charge in [-0.1, -0.05) is 36.4 Å². The molecule has 0 bridgehead atoms. The summed E-state index contributed by atoms with van der Waals surface area (Å²) in [7, 11) is -3.67. The van der Waals surface area contributed by atoms with Gasteiger partial charge in [-0.25, -0.2) is 13.1 Å². The minimum atomic E-state index is -3.67. The largest absolute Gasteiger partial charge is 0.388 e. The molecule has 1 heterocycles. The van der Waals surface area contributed by atoms with Crippen LogP contribution < -0.4 is 10.5 Å². The maximum absolute atomic E-state index is 12.7. The predicted octanol–water partition coefficient (Wildman–Crippen LogP) is 3.16. The zero-order valence-corrected chi connectivity index (χ0v) is 17.7. The number of aliphatic hydroxyl groups is 1. The van der Waals surface area contributed by atoms with E-state index in [1.165, 1.54) is 0 Å². The van der Waals surface area contributed by atoms with Gasteiger partial charge in [-0.05, 0) is 48.9 Å². The Morgan fingerprint density at radius 2 is 1.79 bits per heavy atom. The third kappa shape index (κ3) is 6.22. The third-order valence-corrected chi connectivity index (χ3v) is 6.23. The lowest BCUT2D eigenvalue weighted by Crippen LogP contribution is -2.38. The summed E-state index contributed by atoms with van der Waals surface area (Å²) in [4.78, 5) is 4.24. The number of benzene rings is 2. The molecule has 156 valence electrons. The Balaban J connectivity index is 0.00000300. The summed E-state index contributed by atoms with van der Waals surface area (Å²) in [6.45, 7) is 1.78. The molecular weight excluding hydrogens is 410 g/mol. The molecule has 0 radical (unpaired) electrons. The van der Waals surface area contributed by atoms with E-state index in [0.717, 1.165) is 16.3 Å². The van der Waals surface area contributed by atoms with E-state index in [1.807, 2.05) is 30.3 Å². The van der Waals surface area contributed by atoms with Gasteiger partial charge in [0.05, 0.1) is 11.0 Å². The molecule has 3 rings (SSSR count). The van der Waals surface area contributed by atoms with Gasteiger partial charge in [0.25, 0.3) is 0 Å². The highest BCUT2D eigenvalue weighted by Crippen LogP contribution is 2.21. The number of pyridine rings is 1. The average Bonchev–Trinajstić information content (AvgIpc) is 2.67. The lowest BCUT2D eigenvalue weighted by molar-refractivity contribution is 0.155. The maximum atomic E-state index is 12.7. The average molecular weight is 436 g/mol. The molecule has 6 nitrogen and oxygen atoms in total. The highest BCUT2D eigenvalue weighted by atomic mass is 35.5. The van der Waals surface area contributed by atoms with E-state index in [9.17, 15) is 13.5 Å². The van der Waals surface area contributed by atoms with E-state index in [4.69, 9.17) is 5.73 Å². The Kier molecular flexibility index (Phi) is 8.13. The monoisotopic (exact) mass is 435 g/mol. The second kappa shape index (κ2) is 10.1. The molecule has 2 aromatic carbocycles. The van der Waals surface area contributed by atoms with Crippen LogP contribution in [0.5, 0.6) is 0 Å². The van der Waals surface area contributed by atoms with Crippen molar-refractivity contribution in [2.75, 3.05) is 0 Å². The Bertz CT molecular complexity index is 1030. The van der Waals surface area contributed by atoms with E-state index in [1.54, 1.807) is 43.6 Å². The highest BCUT2D eigenvalue weighted by Gasteiger charge is 2.21. The molecule has 3 aromatic rings. The zero-order chi connectivity index (χ0) is 20.1. The minimum Gasteiger partial charge on any atom is -0.388 e. The summed E-state index contributed by atoms with van der Waals surface area (Å²) in [5, 5.41) is 12.0. The van der Waals surface area contributed by atoms with Gasteiger partial charge in [0.1, 0.15) is 0 Å². The molecule has 2 unspecified atom stereocenters. The first-order valence-electron chi connectivity index (χ1n) is 9.20. The van der Waals surface area contributed by atoms with Crippen LogP contribution in [0.1, 0.15) is 31.4 Å². The molecule has 4 N–H and O–H groups in total. The van der Waals surface area contributed by atoms with Crippen molar-refractivity contribution in [1.29, 1.82) is 0 Å². The fourth-order valence-corrected chi connectivity index (χ4v) is 4.55. The fraction of sp³-hybridized carbons (Fsp3) is 0.286. The first-order chi connectivity index (χ1) is 13.3. The van der Waals surface area contributed by atoms with E-state index in [0.29, 0.717) is 12.8 Å². The molecule has 0 fully saturated rings. The number of rotatable bonds is 8. The number of fused-ring (bicyclic) bond motifs is 1. The van der Waals surface area contributed by atoms with Gasteiger partial charge in [0, 0.05) is 29.9 Å². The molecule has 29 heavy (non-hydrogen) atoms. The van der Waals surface area contributed by atoms with Crippen molar-refractivity contribution in [2.24, 2.45) is 5.73 Å². The standard InChI is InChI=1S/C21H25N3O3S.ClH/c1-15(11-19(22)13-21(25)16-5-3-2-4-6-16)24-28(26,27)20-8-7-18-14-23-10-9-17(18)12-20;/h2-10,12,14-15,19,21,24-25H,11,13,22H2,1H3;1H/t15-,19?,21?;/m1./s1. The smallest absolute Gasteiger partial charge is 0.240 e. The number of nitrogens with two attached hydrogens (primary N) is 1. The zero-order valence-electron chi connectivity index (χ0n) is 16.1. The van der Waals surface area contributed by atoms with Gasteiger partial charge in [0.15, 0.2) is 0 Å². The lowest BCUT2D eigenvalue weighted by Gasteiger charge is -2.21. The van der Waals surface area contributed by atoms with Crippen molar-refractivity contribution < 1.29 is 13.5 Å². The SMILES string of the molecule is C[C@H](CC(N)CC(O)c1ccccc1)NS(=O)(=O)c1ccc2cnccc2c1.Cl. The molecule has 3 atom stereocenters. The van der Waals surface area contributed by atoms with Crippen molar-refractivity contribution in [3.8, 4) is 0 Å². The van der Waals surface area contributed by atoms with Crippen LogP contribution in [-0.4, -0.2) is 30.6 Å². The molecule has 8 heteroatoms. The molecule has 0 aliphatic rings. The van der Waals surface area contributed by atoms with Crippen LogP contribution >= 0.6 is 12.4 Å². The Morgan fingerprint density at radius 3 is 2.52 bits per heavy atom. The number of aliphatic hydroxyl groups excluding tert-OH is 1. The van der Waals surface area contributed by atoms with E-state index in [2.05, 4.69) is 9.71 Å². The van der Waals surface area contributed by atoms with E-state index < -0.39 is 16.1 Å². The lowest BCUT2D eigenvalue weighted by atomic mass is 9.99. The number of aromatic nitrogens is 1. The Morgan fingerprint density at radius 1 is 1.07 bits per heavy atom. The number of halogens is 1. The highest BCUT2D eigenvalue weighted by molar-refractivity contribution is 7.89. The molecule has 0 spiro atoms.